The Hall–Kier alpha value is -5.67. The van der Waals surface area contributed by atoms with E-state index in [9.17, 15) is 0 Å². The Morgan fingerprint density at radius 2 is 1.05 bits per heavy atom. The van der Waals surface area contributed by atoms with Crippen molar-refractivity contribution in [3.8, 4) is 22.3 Å². The normalized spacial score (nSPS) is 11.3. The maximum Gasteiger partial charge on any atom is 0.160 e. The first-order chi connectivity index (χ1) is 20.8. The van der Waals surface area contributed by atoms with Crippen LogP contribution in [0.25, 0.3) is 55.0 Å². The summed E-state index contributed by atoms with van der Waals surface area (Å²) in [5.74, 6) is 0. The third-order valence-corrected chi connectivity index (χ3v) is 7.94. The fraction of sp³-hybridized carbons (Fsp3) is 0. The Morgan fingerprint density at radius 1 is 0.476 bits per heavy atom. The van der Waals surface area contributed by atoms with E-state index in [0.717, 1.165) is 49.8 Å². The van der Waals surface area contributed by atoms with Gasteiger partial charge in [0.15, 0.2) is 5.58 Å². The molecule has 8 rings (SSSR count). The molecule has 0 saturated heterocycles. The molecule has 0 aliphatic heterocycles. The Bertz CT molecular complexity index is 2170. The molecule has 0 bridgehead atoms. The molecule has 0 aliphatic carbocycles. The monoisotopic (exact) mass is 538 g/mol. The van der Waals surface area contributed by atoms with Gasteiger partial charge in [0.25, 0.3) is 0 Å². The second-order valence-electron chi connectivity index (χ2n) is 10.5. The van der Waals surface area contributed by atoms with Crippen LogP contribution in [0.3, 0.4) is 0 Å². The van der Waals surface area contributed by atoms with Crippen LogP contribution in [0.4, 0.5) is 17.1 Å². The molecule has 0 spiro atoms. The Labute approximate surface area is 243 Å². The average Bonchev–Trinajstić information content (AvgIpc) is 3.44. The summed E-state index contributed by atoms with van der Waals surface area (Å²) in [5, 5.41) is 4.34. The second kappa shape index (κ2) is 10.1. The molecule has 198 valence electrons. The molecule has 3 heteroatoms. The van der Waals surface area contributed by atoms with E-state index in [-0.39, 0.29) is 0 Å². The molecular weight excluding hydrogens is 512 g/mol. The maximum absolute atomic E-state index is 6.59. The van der Waals surface area contributed by atoms with Gasteiger partial charge in [-0.25, -0.2) is 0 Å². The molecule has 0 saturated carbocycles. The topological polar surface area (TPSA) is 29.3 Å². The van der Waals surface area contributed by atoms with Crippen LogP contribution in [-0.2, 0) is 0 Å². The zero-order chi connectivity index (χ0) is 27.9. The predicted octanol–water partition coefficient (Wildman–Crippen LogP) is 10.9. The van der Waals surface area contributed by atoms with E-state index in [1.54, 1.807) is 0 Å². The fourth-order valence-electron chi connectivity index (χ4n) is 5.89. The number of hydrogen-bond donors (Lipinski definition) is 0. The highest BCUT2D eigenvalue weighted by Crippen LogP contribution is 2.46. The van der Waals surface area contributed by atoms with Gasteiger partial charge in [-0.05, 0) is 64.7 Å². The molecule has 0 aliphatic rings. The highest BCUT2D eigenvalue weighted by molar-refractivity contribution is 6.19. The number of pyridine rings is 1. The van der Waals surface area contributed by atoms with Crippen molar-refractivity contribution >= 4 is 49.8 Å². The van der Waals surface area contributed by atoms with E-state index < -0.39 is 0 Å². The fourth-order valence-corrected chi connectivity index (χ4v) is 5.89. The van der Waals surface area contributed by atoms with Gasteiger partial charge in [0, 0.05) is 45.3 Å². The van der Waals surface area contributed by atoms with Crippen molar-refractivity contribution in [2.45, 2.75) is 0 Å². The summed E-state index contributed by atoms with van der Waals surface area (Å²) < 4.78 is 6.59. The van der Waals surface area contributed by atoms with E-state index in [4.69, 9.17) is 4.42 Å². The molecule has 0 atom stereocenters. The summed E-state index contributed by atoms with van der Waals surface area (Å²) in [7, 11) is 0. The van der Waals surface area contributed by atoms with Gasteiger partial charge < -0.3 is 9.32 Å². The minimum atomic E-state index is 0.860. The van der Waals surface area contributed by atoms with E-state index in [2.05, 4.69) is 131 Å². The lowest BCUT2D eigenvalue weighted by molar-refractivity contribution is 0.669. The van der Waals surface area contributed by atoms with Crippen LogP contribution in [0.1, 0.15) is 0 Å². The van der Waals surface area contributed by atoms with Gasteiger partial charge in [0.05, 0.1) is 5.69 Å². The van der Waals surface area contributed by atoms with Gasteiger partial charge >= 0.3 is 0 Å². The standard InChI is InChI=1S/C39H26N2O/c1-3-9-27(10-4-1)28-15-17-29(18-16-28)30-19-21-33(22-20-30)41(32-11-5-2-6-12-32)38-34-23-24-40-26-31(34)25-36-35-13-7-8-14-37(35)42-39(36)38/h1-26H. The molecule has 42 heavy (non-hydrogen) atoms. The number of fused-ring (bicyclic) bond motifs is 4. The van der Waals surface area contributed by atoms with Crippen molar-refractivity contribution < 1.29 is 4.42 Å². The lowest BCUT2D eigenvalue weighted by atomic mass is 9.99. The van der Waals surface area contributed by atoms with Crippen molar-refractivity contribution in [1.29, 1.82) is 0 Å². The minimum Gasteiger partial charge on any atom is -0.454 e. The van der Waals surface area contributed by atoms with E-state index >= 15 is 0 Å². The first-order valence-electron chi connectivity index (χ1n) is 14.1. The number of rotatable bonds is 5. The smallest absolute Gasteiger partial charge is 0.160 e. The molecular formula is C39H26N2O. The summed E-state index contributed by atoms with van der Waals surface area (Å²) in [6.45, 7) is 0. The number of para-hydroxylation sites is 2. The molecule has 8 aromatic rings. The first kappa shape index (κ1) is 24.2. The molecule has 0 radical (unpaired) electrons. The lowest BCUT2D eigenvalue weighted by Gasteiger charge is -2.27. The van der Waals surface area contributed by atoms with Crippen LogP contribution in [-0.4, -0.2) is 4.98 Å². The summed E-state index contributed by atoms with van der Waals surface area (Å²) in [5.41, 5.74) is 9.64. The quantitative estimate of drug-likeness (QED) is 0.218. The third kappa shape index (κ3) is 4.11. The molecule has 0 unspecified atom stereocenters. The number of aromatic nitrogens is 1. The molecule has 2 aromatic heterocycles. The highest BCUT2D eigenvalue weighted by Gasteiger charge is 2.22. The Morgan fingerprint density at radius 3 is 1.76 bits per heavy atom. The number of furan rings is 1. The van der Waals surface area contributed by atoms with Crippen LogP contribution in [0, 0.1) is 0 Å². The van der Waals surface area contributed by atoms with Crippen molar-refractivity contribution in [3.05, 3.63) is 158 Å². The summed E-state index contributed by atoms with van der Waals surface area (Å²) in [6.07, 6.45) is 3.79. The molecule has 0 fully saturated rings. The van der Waals surface area contributed by atoms with E-state index in [1.165, 1.54) is 22.3 Å². The zero-order valence-electron chi connectivity index (χ0n) is 22.8. The van der Waals surface area contributed by atoms with Crippen LogP contribution in [0.15, 0.2) is 162 Å². The van der Waals surface area contributed by atoms with Gasteiger partial charge in [-0.3, -0.25) is 4.98 Å². The SMILES string of the molecule is c1ccc(-c2ccc(-c3ccc(N(c4ccccc4)c4c5ccncc5cc5c4oc4ccccc45)cc3)cc2)cc1. The van der Waals surface area contributed by atoms with Gasteiger partial charge in [-0.15, -0.1) is 0 Å². The number of benzene rings is 6. The highest BCUT2D eigenvalue weighted by atomic mass is 16.3. The molecule has 0 amide bonds. The number of hydrogen-bond acceptors (Lipinski definition) is 3. The summed E-state index contributed by atoms with van der Waals surface area (Å²) in [6, 6.07) is 51.1. The molecule has 0 N–H and O–H groups in total. The van der Waals surface area contributed by atoms with Crippen molar-refractivity contribution in [3.63, 3.8) is 0 Å². The van der Waals surface area contributed by atoms with Crippen LogP contribution in [0.5, 0.6) is 0 Å². The molecule has 3 nitrogen and oxygen atoms in total. The predicted molar refractivity (Wildman–Crippen MR) is 175 cm³/mol. The lowest BCUT2D eigenvalue weighted by Crippen LogP contribution is -2.10. The summed E-state index contributed by atoms with van der Waals surface area (Å²) >= 11 is 0. The molecule has 2 heterocycles. The third-order valence-electron chi connectivity index (χ3n) is 7.94. The zero-order valence-corrected chi connectivity index (χ0v) is 22.8. The molecule has 6 aromatic carbocycles. The van der Waals surface area contributed by atoms with Crippen LogP contribution < -0.4 is 4.90 Å². The van der Waals surface area contributed by atoms with Gasteiger partial charge in [-0.2, -0.15) is 0 Å². The number of nitrogens with zero attached hydrogens (tertiary/aromatic N) is 2. The number of anilines is 3. The van der Waals surface area contributed by atoms with Gasteiger partial charge in [0.1, 0.15) is 5.58 Å². The minimum absolute atomic E-state index is 0.860. The first-order valence-corrected chi connectivity index (χ1v) is 14.1. The summed E-state index contributed by atoms with van der Waals surface area (Å²) in [4.78, 5) is 6.75. The van der Waals surface area contributed by atoms with Crippen LogP contribution in [0.2, 0.25) is 0 Å². The van der Waals surface area contributed by atoms with E-state index in [0.29, 0.717) is 0 Å². The van der Waals surface area contributed by atoms with Crippen molar-refractivity contribution in [2.24, 2.45) is 0 Å². The second-order valence-corrected chi connectivity index (χ2v) is 10.5. The van der Waals surface area contributed by atoms with Crippen molar-refractivity contribution in [2.75, 3.05) is 4.90 Å². The van der Waals surface area contributed by atoms with Gasteiger partial charge in [0.2, 0.25) is 0 Å². The van der Waals surface area contributed by atoms with Crippen molar-refractivity contribution in [1.82, 2.24) is 4.98 Å². The average molecular weight is 539 g/mol. The largest absolute Gasteiger partial charge is 0.454 e. The maximum atomic E-state index is 6.59. The Balaban J connectivity index is 1.29. The Kier molecular flexibility index (Phi) is 5.79. The van der Waals surface area contributed by atoms with Gasteiger partial charge in [-0.1, -0.05) is 103 Å². The van der Waals surface area contributed by atoms with Crippen LogP contribution >= 0.6 is 0 Å². The van der Waals surface area contributed by atoms with E-state index in [1.807, 2.05) is 36.7 Å².